The Bertz CT molecular complexity index is 357. The molecule has 1 N–H and O–H groups in total. The zero-order chi connectivity index (χ0) is 13.0. The Kier molecular flexibility index (Phi) is 4.53. The smallest absolute Gasteiger partial charge is 0.147 e. The van der Waals surface area contributed by atoms with Crippen molar-refractivity contribution >= 4 is 5.82 Å². The minimum atomic E-state index is 0.467. The van der Waals surface area contributed by atoms with Gasteiger partial charge < -0.3 is 10.2 Å². The maximum absolute atomic E-state index is 4.54. The summed E-state index contributed by atoms with van der Waals surface area (Å²) >= 11 is 0. The number of nitrogens with one attached hydrogen (secondary N) is 1. The molecule has 2 rings (SSSR count). The van der Waals surface area contributed by atoms with E-state index in [2.05, 4.69) is 41.0 Å². The molecule has 1 aromatic rings. The molecular weight excluding hydrogens is 224 g/mol. The van der Waals surface area contributed by atoms with E-state index in [0.717, 1.165) is 37.1 Å². The van der Waals surface area contributed by atoms with E-state index in [-0.39, 0.29) is 0 Å². The van der Waals surface area contributed by atoms with Crippen LogP contribution in [0.25, 0.3) is 0 Å². The van der Waals surface area contributed by atoms with Gasteiger partial charge >= 0.3 is 0 Å². The third-order valence-corrected chi connectivity index (χ3v) is 3.22. The van der Waals surface area contributed by atoms with Crippen LogP contribution < -0.4 is 10.2 Å². The third kappa shape index (κ3) is 3.67. The molecule has 0 atom stereocenters. The molecule has 100 valence electrons. The third-order valence-electron chi connectivity index (χ3n) is 3.22. The molecule has 0 aromatic carbocycles. The summed E-state index contributed by atoms with van der Waals surface area (Å²) in [5.74, 6) is 0.988. The molecule has 1 aromatic heterocycles. The summed E-state index contributed by atoms with van der Waals surface area (Å²) in [6.45, 7) is 8.45. The Morgan fingerprint density at radius 1 is 1.33 bits per heavy atom. The van der Waals surface area contributed by atoms with E-state index in [9.17, 15) is 0 Å². The topological polar surface area (TPSA) is 41.1 Å². The second-order valence-electron chi connectivity index (χ2n) is 5.31. The van der Waals surface area contributed by atoms with Gasteiger partial charge in [-0.1, -0.05) is 6.92 Å². The Morgan fingerprint density at radius 2 is 2.11 bits per heavy atom. The molecule has 0 aliphatic heterocycles. The van der Waals surface area contributed by atoms with Gasteiger partial charge in [0.1, 0.15) is 5.82 Å². The molecule has 4 heteroatoms. The van der Waals surface area contributed by atoms with Crippen molar-refractivity contribution < 1.29 is 0 Å². The van der Waals surface area contributed by atoms with Crippen LogP contribution in [0.1, 0.15) is 45.7 Å². The van der Waals surface area contributed by atoms with Gasteiger partial charge in [0, 0.05) is 25.2 Å². The Hall–Kier alpha value is -1.16. The molecule has 0 amide bonds. The van der Waals surface area contributed by atoms with Gasteiger partial charge in [0.05, 0.1) is 18.1 Å². The maximum atomic E-state index is 4.54. The number of anilines is 1. The minimum absolute atomic E-state index is 0.467. The lowest BCUT2D eigenvalue weighted by Crippen LogP contribution is -2.32. The lowest BCUT2D eigenvalue weighted by Gasteiger charge is -2.27. The SMILES string of the molecule is CCCN(c1cnc(CNC2CC2)cn1)C(C)C. The first-order valence-electron chi connectivity index (χ1n) is 7.01. The van der Waals surface area contributed by atoms with E-state index < -0.39 is 0 Å². The molecule has 1 heterocycles. The number of hydrogen-bond acceptors (Lipinski definition) is 4. The fourth-order valence-corrected chi connectivity index (χ4v) is 2.00. The highest BCUT2D eigenvalue weighted by molar-refractivity contribution is 5.36. The van der Waals surface area contributed by atoms with Crippen LogP contribution in [0.2, 0.25) is 0 Å². The highest BCUT2D eigenvalue weighted by Crippen LogP contribution is 2.19. The minimum Gasteiger partial charge on any atom is -0.353 e. The highest BCUT2D eigenvalue weighted by Gasteiger charge is 2.20. The average Bonchev–Trinajstić information content (AvgIpc) is 3.18. The second kappa shape index (κ2) is 6.14. The molecule has 18 heavy (non-hydrogen) atoms. The van der Waals surface area contributed by atoms with Crippen molar-refractivity contribution in [2.45, 2.75) is 58.7 Å². The van der Waals surface area contributed by atoms with Crippen LogP contribution in [0.3, 0.4) is 0 Å². The van der Waals surface area contributed by atoms with Crippen molar-refractivity contribution in [3.63, 3.8) is 0 Å². The van der Waals surface area contributed by atoms with Crippen molar-refractivity contribution in [3.8, 4) is 0 Å². The molecule has 1 fully saturated rings. The molecule has 4 nitrogen and oxygen atoms in total. The van der Waals surface area contributed by atoms with Crippen molar-refractivity contribution in [2.75, 3.05) is 11.4 Å². The lowest BCUT2D eigenvalue weighted by molar-refractivity contribution is 0.651. The Labute approximate surface area is 110 Å². The summed E-state index contributed by atoms with van der Waals surface area (Å²) in [5, 5.41) is 3.45. The second-order valence-corrected chi connectivity index (χ2v) is 5.31. The standard InChI is InChI=1S/C14H24N4/c1-4-7-18(11(2)3)14-10-16-13(9-17-14)8-15-12-5-6-12/h9-12,15H,4-8H2,1-3H3. The van der Waals surface area contributed by atoms with Crippen LogP contribution in [-0.2, 0) is 6.54 Å². The van der Waals surface area contributed by atoms with E-state index in [1.807, 2.05) is 12.4 Å². The predicted octanol–water partition coefficient (Wildman–Crippen LogP) is 2.35. The van der Waals surface area contributed by atoms with Crippen LogP contribution in [0, 0.1) is 0 Å². The highest BCUT2D eigenvalue weighted by atomic mass is 15.2. The molecule has 1 saturated carbocycles. The fraction of sp³-hybridized carbons (Fsp3) is 0.714. The van der Waals surface area contributed by atoms with Gasteiger partial charge in [0.25, 0.3) is 0 Å². The summed E-state index contributed by atoms with van der Waals surface area (Å²) in [7, 11) is 0. The fourth-order valence-electron chi connectivity index (χ4n) is 2.00. The number of aromatic nitrogens is 2. The van der Waals surface area contributed by atoms with Crippen molar-refractivity contribution in [2.24, 2.45) is 0 Å². The number of rotatable bonds is 7. The first-order valence-corrected chi connectivity index (χ1v) is 7.01. The molecule has 0 bridgehead atoms. The van der Waals surface area contributed by atoms with Crippen molar-refractivity contribution in [3.05, 3.63) is 18.1 Å². The molecule has 0 spiro atoms. The van der Waals surface area contributed by atoms with Gasteiger partial charge in [-0.25, -0.2) is 4.98 Å². The van der Waals surface area contributed by atoms with Crippen LogP contribution in [0.4, 0.5) is 5.82 Å². The van der Waals surface area contributed by atoms with Crippen LogP contribution in [0.5, 0.6) is 0 Å². The summed E-state index contributed by atoms with van der Waals surface area (Å²) in [5.41, 5.74) is 1.03. The van der Waals surface area contributed by atoms with E-state index in [1.165, 1.54) is 12.8 Å². The predicted molar refractivity (Wildman–Crippen MR) is 74.7 cm³/mol. The van der Waals surface area contributed by atoms with Crippen molar-refractivity contribution in [1.82, 2.24) is 15.3 Å². The van der Waals surface area contributed by atoms with E-state index >= 15 is 0 Å². The van der Waals surface area contributed by atoms with E-state index in [4.69, 9.17) is 0 Å². The Morgan fingerprint density at radius 3 is 2.61 bits per heavy atom. The van der Waals surface area contributed by atoms with Crippen LogP contribution in [0.15, 0.2) is 12.4 Å². The van der Waals surface area contributed by atoms with E-state index in [1.54, 1.807) is 0 Å². The Balaban J connectivity index is 1.95. The molecule has 1 aliphatic rings. The first kappa shape index (κ1) is 13.3. The van der Waals surface area contributed by atoms with Crippen LogP contribution in [-0.4, -0.2) is 28.6 Å². The monoisotopic (exact) mass is 248 g/mol. The van der Waals surface area contributed by atoms with E-state index in [0.29, 0.717) is 6.04 Å². The number of hydrogen-bond donors (Lipinski definition) is 1. The van der Waals surface area contributed by atoms with Gasteiger partial charge in [-0.05, 0) is 33.1 Å². The molecule has 0 unspecified atom stereocenters. The summed E-state index contributed by atoms with van der Waals surface area (Å²) in [6.07, 6.45) is 7.55. The van der Waals surface area contributed by atoms with Crippen LogP contribution >= 0.6 is 0 Å². The van der Waals surface area contributed by atoms with Gasteiger partial charge in [-0.2, -0.15) is 0 Å². The average molecular weight is 248 g/mol. The quantitative estimate of drug-likeness (QED) is 0.804. The summed E-state index contributed by atoms with van der Waals surface area (Å²) in [4.78, 5) is 11.3. The van der Waals surface area contributed by atoms with Gasteiger partial charge in [0.2, 0.25) is 0 Å². The van der Waals surface area contributed by atoms with Gasteiger partial charge in [-0.15, -0.1) is 0 Å². The lowest BCUT2D eigenvalue weighted by atomic mass is 10.3. The summed E-state index contributed by atoms with van der Waals surface area (Å²) < 4.78 is 0. The zero-order valence-corrected chi connectivity index (χ0v) is 11.7. The maximum Gasteiger partial charge on any atom is 0.147 e. The molecule has 0 saturated heterocycles. The molecule has 1 aliphatic carbocycles. The first-order chi connectivity index (χ1) is 8.70. The molecule has 0 radical (unpaired) electrons. The van der Waals surface area contributed by atoms with Crippen molar-refractivity contribution in [1.29, 1.82) is 0 Å². The zero-order valence-electron chi connectivity index (χ0n) is 11.7. The van der Waals surface area contributed by atoms with Gasteiger partial charge in [0.15, 0.2) is 0 Å². The largest absolute Gasteiger partial charge is 0.353 e. The number of nitrogens with zero attached hydrogens (tertiary/aromatic N) is 3. The van der Waals surface area contributed by atoms with Gasteiger partial charge in [-0.3, -0.25) is 4.98 Å². The normalized spacial score (nSPS) is 15.1. The summed E-state index contributed by atoms with van der Waals surface area (Å²) in [6, 6.07) is 1.19. The molecular formula is C14H24N4.